The Morgan fingerprint density at radius 3 is 1.46 bits per heavy atom. The fraction of sp³-hybridized carbons (Fsp3) is 0.852. The predicted octanol–water partition coefficient (Wildman–Crippen LogP) is 10.5. The molecule has 0 spiro atoms. The van der Waals surface area contributed by atoms with Gasteiger partial charge in [0.1, 0.15) is 0 Å². The highest BCUT2D eigenvalue weighted by atomic mass is 32.1. The highest BCUT2D eigenvalue weighted by molar-refractivity contribution is 7.10. The fourth-order valence-electron chi connectivity index (χ4n) is 4.39. The number of hydrogen-bond donors (Lipinski definition) is 0. The van der Waals surface area contributed by atoms with Crippen molar-refractivity contribution in [2.75, 3.05) is 0 Å². The predicted molar refractivity (Wildman–Crippen MR) is 131 cm³/mol. The van der Waals surface area contributed by atoms with Crippen LogP contribution in [0.15, 0.2) is 17.5 Å². The van der Waals surface area contributed by atoms with Crippen LogP contribution in [0.3, 0.4) is 0 Å². The molecule has 0 saturated heterocycles. The van der Waals surface area contributed by atoms with E-state index in [-0.39, 0.29) is 0 Å². The van der Waals surface area contributed by atoms with Gasteiger partial charge in [-0.05, 0) is 29.2 Å². The molecule has 0 bridgehead atoms. The van der Waals surface area contributed by atoms with Crippen molar-refractivity contribution in [2.24, 2.45) is 5.41 Å². The van der Waals surface area contributed by atoms with E-state index in [9.17, 15) is 0 Å². The Balaban J connectivity index is 1.89. The van der Waals surface area contributed by atoms with Gasteiger partial charge in [-0.25, -0.2) is 0 Å². The van der Waals surface area contributed by atoms with E-state index >= 15 is 0 Å². The average Bonchev–Trinajstić information content (AvgIpc) is 3.17. The molecule has 1 heteroatoms. The molecule has 28 heavy (non-hydrogen) atoms. The molecular weight excluding hydrogens is 356 g/mol. The summed E-state index contributed by atoms with van der Waals surface area (Å²) in [6.07, 6.45) is 24.6. The number of unbranched alkanes of at least 4 members (excludes halogenated alkanes) is 15. The van der Waals surface area contributed by atoms with E-state index in [1.165, 1.54) is 109 Å². The maximum atomic E-state index is 2.41. The quantitative estimate of drug-likeness (QED) is 0.213. The van der Waals surface area contributed by atoms with Gasteiger partial charge in [-0.2, -0.15) is 0 Å². The van der Waals surface area contributed by atoms with Crippen molar-refractivity contribution in [3.63, 3.8) is 0 Å². The van der Waals surface area contributed by atoms with E-state index in [4.69, 9.17) is 0 Å². The van der Waals surface area contributed by atoms with Gasteiger partial charge < -0.3 is 0 Å². The zero-order valence-electron chi connectivity index (χ0n) is 19.7. The summed E-state index contributed by atoms with van der Waals surface area (Å²) in [5.41, 5.74) is 0.389. The molecule has 0 aromatic carbocycles. The molecule has 0 aliphatic heterocycles. The first-order valence-electron chi connectivity index (χ1n) is 12.6. The van der Waals surface area contributed by atoms with Gasteiger partial charge in [-0.15, -0.1) is 11.3 Å². The highest BCUT2D eigenvalue weighted by Gasteiger charge is 2.26. The van der Waals surface area contributed by atoms with Gasteiger partial charge in [0.05, 0.1) is 0 Å². The summed E-state index contributed by atoms with van der Waals surface area (Å²) in [5.74, 6) is 0.735. The van der Waals surface area contributed by atoms with Crippen LogP contribution < -0.4 is 0 Å². The Hall–Kier alpha value is -0.300. The minimum absolute atomic E-state index is 0.389. The average molecular weight is 407 g/mol. The van der Waals surface area contributed by atoms with Crippen LogP contribution in [0, 0.1) is 5.41 Å². The first-order chi connectivity index (χ1) is 13.6. The van der Waals surface area contributed by atoms with Crippen molar-refractivity contribution in [3.05, 3.63) is 22.4 Å². The Morgan fingerprint density at radius 2 is 1.11 bits per heavy atom. The van der Waals surface area contributed by atoms with Crippen LogP contribution in [0.1, 0.15) is 148 Å². The highest BCUT2D eigenvalue weighted by Crippen LogP contribution is 2.40. The molecule has 0 nitrogen and oxygen atoms in total. The van der Waals surface area contributed by atoms with Gasteiger partial charge in [-0.1, -0.05) is 136 Å². The van der Waals surface area contributed by atoms with Crippen molar-refractivity contribution in [2.45, 2.75) is 143 Å². The van der Waals surface area contributed by atoms with E-state index in [0.29, 0.717) is 5.41 Å². The van der Waals surface area contributed by atoms with Gasteiger partial charge >= 0.3 is 0 Å². The molecule has 1 unspecified atom stereocenters. The largest absolute Gasteiger partial charge is 0.149 e. The van der Waals surface area contributed by atoms with Crippen molar-refractivity contribution < 1.29 is 0 Å². The SMILES string of the molecule is CCCCCCCCCCCCCCCCCCC(c1cccs1)C(C)(C)C. The first kappa shape index (κ1) is 25.7. The lowest BCUT2D eigenvalue weighted by Gasteiger charge is -2.30. The van der Waals surface area contributed by atoms with E-state index in [1.807, 2.05) is 11.3 Å². The second-order valence-corrected chi connectivity index (χ2v) is 11.0. The summed E-state index contributed by atoms with van der Waals surface area (Å²) in [5, 5.41) is 2.24. The molecular formula is C27H50S. The summed E-state index contributed by atoms with van der Waals surface area (Å²) in [7, 11) is 0. The number of rotatable bonds is 18. The third kappa shape index (κ3) is 13.0. The van der Waals surface area contributed by atoms with E-state index in [2.05, 4.69) is 45.2 Å². The Bertz CT molecular complexity index is 426. The summed E-state index contributed by atoms with van der Waals surface area (Å²) < 4.78 is 0. The number of thiophene rings is 1. The monoisotopic (exact) mass is 406 g/mol. The fourth-order valence-corrected chi connectivity index (χ4v) is 5.50. The maximum Gasteiger partial charge on any atom is 0.00814 e. The van der Waals surface area contributed by atoms with Gasteiger partial charge in [-0.3, -0.25) is 0 Å². The zero-order valence-corrected chi connectivity index (χ0v) is 20.6. The third-order valence-corrected chi connectivity index (χ3v) is 7.26. The Kier molecular flexibility index (Phi) is 15.2. The smallest absolute Gasteiger partial charge is 0.00814 e. The summed E-state index contributed by atoms with van der Waals surface area (Å²) in [4.78, 5) is 1.59. The van der Waals surface area contributed by atoms with Gasteiger partial charge in [0.15, 0.2) is 0 Å². The molecule has 0 amide bonds. The van der Waals surface area contributed by atoms with E-state index in [0.717, 1.165) is 5.92 Å². The number of hydrogen-bond acceptors (Lipinski definition) is 1. The topological polar surface area (TPSA) is 0 Å². The lowest BCUT2D eigenvalue weighted by molar-refractivity contribution is 0.301. The molecule has 0 radical (unpaired) electrons. The summed E-state index contributed by atoms with van der Waals surface area (Å²) in [6.45, 7) is 9.52. The molecule has 1 aromatic heterocycles. The van der Waals surface area contributed by atoms with Crippen molar-refractivity contribution in [3.8, 4) is 0 Å². The van der Waals surface area contributed by atoms with E-state index in [1.54, 1.807) is 4.88 Å². The first-order valence-corrected chi connectivity index (χ1v) is 13.5. The molecule has 0 saturated carbocycles. The molecule has 0 N–H and O–H groups in total. The Labute approximate surface area is 181 Å². The lowest BCUT2D eigenvalue weighted by Crippen LogP contribution is -2.17. The molecule has 0 aliphatic rings. The van der Waals surface area contributed by atoms with Crippen LogP contribution in [0.25, 0.3) is 0 Å². The molecule has 1 aromatic rings. The van der Waals surface area contributed by atoms with Crippen LogP contribution in [0.5, 0.6) is 0 Å². The van der Waals surface area contributed by atoms with Gasteiger partial charge in [0.2, 0.25) is 0 Å². The molecule has 1 atom stereocenters. The van der Waals surface area contributed by atoms with Gasteiger partial charge in [0, 0.05) is 4.88 Å². The summed E-state index contributed by atoms with van der Waals surface area (Å²) in [6, 6.07) is 4.55. The standard InChI is InChI=1S/C27H50S/c1-5-6-7-8-9-10-11-12-13-14-15-16-17-18-19-20-22-25(27(2,3)4)26-23-21-24-28-26/h21,23-25H,5-20,22H2,1-4H3. The third-order valence-electron chi connectivity index (χ3n) is 6.28. The zero-order chi connectivity index (χ0) is 20.5. The van der Waals surface area contributed by atoms with Crippen molar-refractivity contribution in [1.29, 1.82) is 0 Å². The minimum atomic E-state index is 0.389. The van der Waals surface area contributed by atoms with E-state index < -0.39 is 0 Å². The lowest BCUT2D eigenvalue weighted by atomic mass is 9.77. The van der Waals surface area contributed by atoms with Gasteiger partial charge in [0.25, 0.3) is 0 Å². The van der Waals surface area contributed by atoms with Crippen LogP contribution in [-0.2, 0) is 0 Å². The normalized spacial score (nSPS) is 13.1. The molecule has 0 fully saturated rings. The van der Waals surface area contributed by atoms with Crippen LogP contribution in [0.2, 0.25) is 0 Å². The minimum Gasteiger partial charge on any atom is -0.149 e. The maximum absolute atomic E-state index is 2.41. The second kappa shape index (κ2) is 16.5. The summed E-state index contributed by atoms with van der Waals surface area (Å²) >= 11 is 1.95. The Morgan fingerprint density at radius 1 is 0.679 bits per heavy atom. The van der Waals surface area contributed by atoms with Crippen LogP contribution in [0.4, 0.5) is 0 Å². The van der Waals surface area contributed by atoms with Crippen LogP contribution >= 0.6 is 11.3 Å². The van der Waals surface area contributed by atoms with Crippen molar-refractivity contribution >= 4 is 11.3 Å². The molecule has 164 valence electrons. The van der Waals surface area contributed by atoms with Crippen LogP contribution in [-0.4, -0.2) is 0 Å². The second-order valence-electron chi connectivity index (χ2n) is 10.0. The molecule has 0 aliphatic carbocycles. The van der Waals surface area contributed by atoms with Crippen molar-refractivity contribution in [1.82, 2.24) is 0 Å². The molecule has 1 rings (SSSR count). The molecule has 1 heterocycles.